The molecule has 2 aromatic carbocycles. The van der Waals surface area contributed by atoms with E-state index in [1.54, 1.807) is 43.0 Å². The van der Waals surface area contributed by atoms with Crippen LogP contribution in [0.3, 0.4) is 0 Å². The average Bonchev–Trinajstić information content (AvgIpc) is 3.07. The second-order valence-electron chi connectivity index (χ2n) is 9.65. The van der Waals surface area contributed by atoms with Crippen molar-refractivity contribution >= 4 is 41.2 Å². The topological polar surface area (TPSA) is 130 Å². The molecule has 5 rings (SSSR count). The number of pyridine rings is 2. The van der Waals surface area contributed by atoms with Crippen LogP contribution in [0.5, 0.6) is 11.5 Å². The molecule has 0 aliphatic heterocycles. The summed E-state index contributed by atoms with van der Waals surface area (Å²) in [4.78, 5) is 26.1. The summed E-state index contributed by atoms with van der Waals surface area (Å²) in [5.41, 5.74) is 2.42. The number of ketones is 1. The van der Waals surface area contributed by atoms with Crippen LogP contribution >= 0.6 is 0 Å². The summed E-state index contributed by atoms with van der Waals surface area (Å²) in [7, 11) is 2.97. The first-order valence-electron chi connectivity index (χ1n) is 13.8. The van der Waals surface area contributed by atoms with E-state index < -0.39 is 0 Å². The number of benzene rings is 2. The number of ether oxygens (including phenoxy) is 2. The number of aromatic nitrogens is 2. The number of nitrogens with one attached hydrogen (secondary N) is 3. The third-order valence-corrected chi connectivity index (χ3v) is 6.67. The van der Waals surface area contributed by atoms with Gasteiger partial charge in [-0.2, -0.15) is 0 Å². The number of aromatic hydroxyl groups is 1. The van der Waals surface area contributed by atoms with Gasteiger partial charge in [-0.15, -0.1) is 0 Å². The first kappa shape index (κ1) is 32.5. The SMILES string of the molecule is COC1=CC(CNc2ccccn2)=CC(=N/C=c2/cccc/c2=C\Nc2cc(CNc3ccccn3)cc(OC)c2O)C1=O.[Ni]. The molecule has 0 bridgehead atoms. The maximum atomic E-state index is 13.0. The number of methoxy groups -OCH3 is 2. The molecule has 4 aromatic rings. The van der Waals surface area contributed by atoms with E-state index in [-0.39, 0.29) is 39.5 Å². The van der Waals surface area contributed by atoms with Gasteiger partial charge in [0, 0.05) is 59.6 Å². The summed E-state index contributed by atoms with van der Waals surface area (Å²) in [5.74, 6) is 1.68. The number of rotatable bonds is 11. The zero-order valence-corrected chi connectivity index (χ0v) is 25.6. The molecule has 0 spiro atoms. The summed E-state index contributed by atoms with van der Waals surface area (Å²) < 4.78 is 10.7. The largest absolute Gasteiger partial charge is 0.503 e. The number of hydrogen-bond acceptors (Lipinski definition) is 10. The summed E-state index contributed by atoms with van der Waals surface area (Å²) >= 11 is 0. The van der Waals surface area contributed by atoms with E-state index in [9.17, 15) is 9.90 Å². The van der Waals surface area contributed by atoms with Crippen molar-refractivity contribution in [2.45, 2.75) is 6.54 Å². The van der Waals surface area contributed by atoms with Gasteiger partial charge >= 0.3 is 0 Å². The van der Waals surface area contributed by atoms with Crippen LogP contribution in [0.4, 0.5) is 17.3 Å². The Morgan fingerprint density at radius 1 is 0.844 bits per heavy atom. The zero-order chi connectivity index (χ0) is 30.7. The van der Waals surface area contributed by atoms with Gasteiger partial charge in [0.1, 0.15) is 17.3 Å². The first-order valence-corrected chi connectivity index (χ1v) is 13.8. The molecule has 1 aliphatic rings. The van der Waals surface area contributed by atoms with Gasteiger partial charge in [-0.3, -0.25) is 9.79 Å². The number of aliphatic imine (C=N–C) groups is 1. The molecule has 0 amide bonds. The number of phenols is 1. The summed E-state index contributed by atoms with van der Waals surface area (Å²) in [6, 6.07) is 22.4. The molecular formula is C34H32N6NiO4. The minimum atomic E-state index is -0.307. The number of hydrogen-bond donors (Lipinski definition) is 4. The molecule has 0 saturated carbocycles. The van der Waals surface area contributed by atoms with E-state index in [0.29, 0.717) is 24.5 Å². The van der Waals surface area contributed by atoms with Crippen LogP contribution in [0.25, 0.3) is 12.4 Å². The Morgan fingerprint density at radius 2 is 1.51 bits per heavy atom. The van der Waals surface area contributed by atoms with Gasteiger partial charge in [0.2, 0.25) is 5.78 Å². The van der Waals surface area contributed by atoms with E-state index in [0.717, 1.165) is 33.2 Å². The number of carbonyl (C=O) groups excluding carboxylic acids is 1. The molecule has 11 heteroatoms. The number of carbonyl (C=O) groups is 1. The summed E-state index contributed by atoms with van der Waals surface area (Å²) in [6.07, 6.45) is 10.2. The summed E-state index contributed by atoms with van der Waals surface area (Å²) in [6.45, 7) is 0.914. The molecular weight excluding hydrogens is 615 g/mol. The number of Topliss-reactive ketones (excluding diaryl/α,β-unsaturated/α-hetero) is 1. The Hall–Kier alpha value is -5.41. The smallest absolute Gasteiger partial charge is 0.245 e. The van der Waals surface area contributed by atoms with E-state index in [2.05, 4.69) is 30.9 Å². The molecule has 0 unspecified atom stereocenters. The van der Waals surface area contributed by atoms with Gasteiger partial charge in [0.05, 0.1) is 19.9 Å². The van der Waals surface area contributed by atoms with E-state index in [1.165, 1.54) is 14.2 Å². The molecule has 1 aliphatic carbocycles. The normalized spacial score (nSPS) is 14.3. The van der Waals surface area contributed by atoms with E-state index in [1.807, 2.05) is 66.7 Å². The predicted octanol–water partition coefficient (Wildman–Crippen LogP) is 3.98. The number of allylic oxidation sites excluding steroid dienone is 2. The summed E-state index contributed by atoms with van der Waals surface area (Å²) in [5, 5.41) is 22.0. The van der Waals surface area contributed by atoms with Crippen molar-refractivity contribution in [2.75, 3.05) is 36.7 Å². The van der Waals surface area contributed by atoms with Crippen molar-refractivity contribution in [3.05, 3.63) is 125 Å². The van der Waals surface area contributed by atoms with Crippen LogP contribution in [0, 0.1) is 0 Å². The molecule has 2 aromatic heterocycles. The standard InChI is InChI=1S/C34H32N6O4.Ni/c1-43-29-17-23(19-39-31-11-5-7-13-35-31)15-27(33(29)41)37-21-25-9-3-4-10-26(25)22-38-28-16-24(18-30(44-2)34(28)42)20-40-32-12-6-8-14-36-32;/h3-18,21-22,37,41H,19-20H2,1-2H3,(H,35,39)(H,36,40);/b25-21+,26-22-,38-28?;. The minimum absolute atomic E-state index is 0. The van der Waals surface area contributed by atoms with Gasteiger partial charge in [0.15, 0.2) is 17.3 Å². The molecule has 0 fully saturated rings. The number of phenolic OH excluding ortho intramolecular Hbond substituents is 1. The van der Waals surface area contributed by atoms with Crippen molar-refractivity contribution in [1.82, 2.24) is 9.97 Å². The van der Waals surface area contributed by atoms with Crippen LogP contribution in [0.1, 0.15) is 5.56 Å². The Morgan fingerprint density at radius 3 is 2.16 bits per heavy atom. The Bertz CT molecular complexity index is 1840. The Labute approximate surface area is 270 Å². The third kappa shape index (κ3) is 8.58. The number of nitrogens with zero attached hydrogens (tertiary/aromatic N) is 3. The zero-order valence-electron chi connectivity index (χ0n) is 24.6. The fourth-order valence-electron chi connectivity index (χ4n) is 4.40. The van der Waals surface area contributed by atoms with Crippen LogP contribution in [0.15, 0.2) is 114 Å². The first-order chi connectivity index (χ1) is 21.5. The van der Waals surface area contributed by atoms with Crippen LogP contribution in [-0.4, -0.2) is 47.3 Å². The molecule has 10 nitrogen and oxygen atoms in total. The fourth-order valence-corrected chi connectivity index (χ4v) is 4.40. The third-order valence-electron chi connectivity index (χ3n) is 6.67. The van der Waals surface area contributed by atoms with Gasteiger partial charge in [-0.25, -0.2) is 9.97 Å². The quantitative estimate of drug-likeness (QED) is 0.109. The minimum Gasteiger partial charge on any atom is -0.503 e. The van der Waals surface area contributed by atoms with Crippen LogP contribution in [-0.2, 0) is 32.6 Å². The molecule has 0 radical (unpaired) electrons. The molecule has 2 heterocycles. The van der Waals surface area contributed by atoms with Crippen LogP contribution < -0.4 is 31.1 Å². The van der Waals surface area contributed by atoms with Crippen molar-refractivity contribution < 1.29 is 35.9 Å². The molecule has 0 atom stereocenters. The van der Waals surface area contributed by atoms with Gasteiger partial charge in [0.25, 0.3) is 0 Å². The Kier molecular flexibility index (Phi) is 11.5. The van der Waals surface area contributed by atoms with Crippen molar-refractivity contribution in [2.24, 2.45) is 4.99 Å². The monoisotopic (exact) mass is 646 g/mol. The average molecular weight is 647 g/mol. The second-order valence-corrected chi connectivity index (χ2v) is 9.65. The number of anilines is 3. The molecule has 4 N–H and O–H groups in total. The molecule has 45 heavy (non-hydrogen) atoms. The van der Waals surface area contributed by atoms with Crippen molar-refractivity contribution in [1.29, 1.82) is 0 Å². The van der Waals surface area contributed by atoms with E-state index in [4.69, 9.17) is 9.47 Å². The van der Waals surface area contributed by atoms with Crippen molar-refractivity contribution in [3.63, 3.8) is 0 Å². The Balaban J connectivity index is 0.00000461. The van der Waals surface area contributed by atoms with E-state index >= 15 is 0 Å². The van der Waals surface area contributed by atoms with Gasteiger partial charge in [-0.1, -0.05) is 36.4 Å². The second kappa shape index (κ2) is 15.9. The van der Waals surface area contributed by atoms with Crippen molar-refractivity contribution in [3.8, 4) is 11.5 Å². The van der Waals surface area contributed by atoms with Crippen LogP contribution in [0.2, 0.25) is 0 Å². The fraction of sp³-hybridized carbons (Fsp3) is 0.118. The molecule has 232 valence electrons. The maximum absolute atomic E-state index is 13.0. The maximum Gasteiger partial charge on any atom is 0.245 e. The van der Waals surface area contributed by atoms with Gasteiger partial charge in [-0.05, 0) is 64.9 Å². The molecule has 0 saturated heterocycles. The predicted molar refractivity (Wildman–Crippen MR) is 173 cm³/mol. The van der Waals surface area contributed by atoms with Gasteiger partial charge < -0.3 is 30.5 Å².